The Morgan fingerprint density at radius 3 is 1.94 bits per heavy atom. The number of aryl methyl sites for hydroxylation is 1. The van der Waals surface area contributed by atoms with Crippen LogP contribution in [0.25, 0.3) is 33.4 Å². The number of benzene rings is 6. The molecule has 0 atom stereocenters. The molecule has 0 unspecified atom stereocenters. The number of rotatable bonds is 9. The fraction of sp³-hybridized carbons (Fsp3) is 0.106. The molecule has 0 saturated heterocycles. The highest BCUT2D eigenvalue weighted by Gasteiger charge is 2.35. The van der Waals surface area contributed by atoms with Crippen molar-refractivity contribution in [3.8, 4) is 33.4 Å². The zero-order chi connectivity index (χ0) is 34.0. The summed E-state index contributed by atoms with van der Waals surface area (Å²) < 4.78 is 0. The summed E-state index contributed by atoms with van der Waals surface area (Å²) in [5.74, 6) is 0. The fourth-order valence-electron chi connectivity index (χ4n) is 6.94. The van der Waals surface area contributed by atoms with Crippen LogP contribution in [0.15, 0.2) is 180 Å². The van der Waals surface area contributed by atoms with E-state index in [2.05, 4.69) is 178 Å². The molecule has 2 heteroatoms. The Labute approximate surface area is 296 Å². The van der Waals surface area contributed by atoms with Gasteiger partial charge in [-0.05, 0) is 119 Å². The Hall–Kier alpha value is -5.31. The minimum Gasteiger partial charge on any atom is -0.310 e. The number of fused-ring (bicyclic) bond motifs is 3. The van der Waals surface area contributed by atoms with Gasteiger partial charge in [0, 0.05) is 32.3 Å². The zero-order valence-corrected chi connectivity index (χ0v) is 29.5. The van der Waals surface area contributed by atoms with Gasteiger partial charge in [0.25, 0.3) is 0 Å². The van der Waals surface area contributed by atoms with Crippen molar-refractivity contribution in [1.29, 1.82) is 0 Å². The third-order valence-corrected chi connectivity index (χ3v) is 10.6. The molecule has 240 valence electrons. The maximum absolute atomic E-state index is 4.27. The van der Waals surface area contributed by atoms with Gasteiger partial charge in [0.1, 0.15) is 0 Å². The lowest BCUT2D eigenvalue weighted by atomic mass is 9.82. The van der Waals surface area contributed by atoms with Crippen molar-refractivity contribution in [2.45, 2.75) is 38.0 Å². The van der Waals surface area contributed by atoms with Crippen molar-refractivity contribution in [1.82, 2.24) is 0 Å². The minimum absolute atomic E-state index is 0.0373. The molecular formula is C47H41NS. The average Bonchev–Trinajstić information content (AvgIpc) is 3.36. The number of nitrogens with zero attached hydrogens (tertiary/aromatic N) is 1. The van der Waals surface area contributed by atoms with Gasteiger partial charge in [-0.2, -0.15) is 0 Å². The smallest absolute Gasteiger partial charge is 0.0468 e. The standard InChI is InChI=1S/C47H41NS/c1-6-7-9-15-34(3)49-46-29-27-40(30-33(46)2)48(41-26-28-45-43(32-41)42-20-12-13-21-44(42)47(45,4)5)39-24-22-36(23-25-39)38-19-14-18-37(31-38)35-16-10-8-11-17-35/h6-32H,3H2,1-2,4-5H3/b7-6-,15-9-. The molecule has 1 nitrogen and oxygen atoms in total. The van der Waals surface area contributed by atoms with E-state index in [1.807, 2.05) is 25.2 Å². The van der Waals surface area contributed by atoms with Crippen molar-refractivity contribution in [3.05, 3.63) is 192 Å². The Morgan fingerprint density at radius 2 is 1.20 bits per heavy atom. The highest BCUT2D eigenvalue weighted by Crippen LogP contribution is 2.50. The van der Waals surface area contributed by atoms with Crippen LogP contribution in [0.3, 0.4) is 0 Å². The van der Waals surface area contributed by atoms with Crippen LogP contribution in [0.2, 0.25) is 0 Å². The van der Waals surface area contributed by atoms with E-state index < -0.39 is 0 Å². The van der Waals surface area contributed by atoms with E-state index in [0.29, 0.717) is 0 Å². The van der Waals surface area contributed by atoms with Gasteiger partial charge in [-0.1, -0.05) is 141 Å². The summed E-state index contributed by atoms with van der Waals surface area (Å²) in [6.07, 6.45) is 8.15. The minimum atomic E-state index is -0.0373. The fourth-order valence-corrected chi connectivity index (χ4v) is 7.73. The molecular weight excluding hydrogens is 611 g/mol. The van der Waals surface area contributed by atoms with Crippen molar-refractivity contribution < 1.29 is 0 Å². The van der Waals surface area contributed by atoms with Gasteiger partial charge >= 0.3 is 0 Å². The number of hydrogen-bond acceptors (Lipinski definition) is 2. The molecule has 0 heterocycles. The Morgan fingerprint density at radius 1 is 0.592 bits per heavy atom. The summed E-state index contributed by atoms with van der Waals surface area (Å²) >= 11 is 1.71. The first-order valence-corrected chi connectivity index (χ1v) is 17.7. The summed E-state index contributed by atoms with van der Waals surface area (Å²) in [5.41, 5.74) is 14.8. The largest absolute Gasteiger partial charge is 0.310 e. The van der Waals surface area contributed by atoms with Crippen LogP contribution in [0.4, 0.5) is 17.1 Å². The molecule has 0 spiro atoms. The summed E-state index contributed by atoms with van der Waals surface area (Å²) in [6, 6.07) is 51.0. The van der Waals surface area contributed by atoms with E-state index >= 15 is 0 Å². The Balaban J connectivity index is 1.29. The molecule has 0 aromatic heterocycles. The van der Waals surface area contributed by atoms with E-state index in [-0.39, 0.29) is 5.41 Å². The molecule has 0 N–H and O–H groups in total. The van der Waals surface area contributed by atoms with Crippen molar-refractivity contribution >= 4 is 28.8 Å². The number of anilines is 3. The van der Waals surface area contributed by atoms with E-state index in [0.717, 1.165) is 22.0 Å². The maximum atomic E-state index is 4.27. The predicted molar refractivity (Wildman–Crippen MR) is 213 cm³/mol. The first kappa shape index (κ1) is 32.2. The Kier molecular flexibility index (Phi) is 8.99. The van der Waals surface area contributed by atoms with Crippen LogP contribution in [0, 0.1) is 6.92 Å². The van der Waals surface area contributed by atoms with Gasteiger partial charge in [0.05, 0.1) is 0 Å². The summed E-state index contributed by atoms with van der Waals surface area (Å²) in [5, 5.41) is 0. The van der Waals surface area contributed by atoms with Crippen LogP contribution < -0.4 is 4.90 Å². The van der Waals surface area contributed by atoms with Crippen LogP contribution in [0.1, 0.15) is 37.5 Å². The first-order chi connectivity index (χ1) is 23.8. The van der Waals surface area contributed by atoms with Gasteiger partial charge in [0.15, 0.2) is 0 Å². The number of hydrogen-bond donors (Lipinski definition) is 0. The monoisotopic (exact) mass is 651 g/mol. The number of allylic oxidation sites excluding steroid dienone is 4. The predicted octanol–water partition coefficient (Wildman–Crippen LogP) is 13.8. The van der Waals surface area contributed by atoms with Crippen molar-refractivity contribution in [2.24, 2.45) is 0 Å². The third-order valence-electron chi connectivity index (χ3n) is 9.50. The second kappa shape index (κ2) is 13.7. The van der Waals surface area contributed by atoms with Crippen LogP contribution in [-0.4, -0.2) is 0 Å². The van der Waals surface area contributed by atoms with Crippen molar-refractivity contribution in [2.75, 3.05) is 4.90 Å². The Bertz CT molecular complexity index is 2200. The van der Waals surface area contributed by atoms with Gasteiger partial charge in [-0.25, -0.2) is 0 Å². The first-order valence-electron chi connectivity index (χ1n) is 16.9. The van der Waals surface area contributed by atoms with Crippen LogP contribution in [0.5, 0.6) is 0 Å². The highest BCUT2D eigenvalue weighted by atomic mass is 32.2. The van der Waals surface area contributed by atoms with Crippen LogP contribution >= 0.6 is 11.8 Å². The molecule has 0 saturated carbocycles. The molecule has 1 aliphatic rings. The van der Waals surface area contributed by atoms with Gasteiger partial charge < -0.3 is 4.90 Å². The quantitative estimate of drug-likeness (QED) is 0.113. The molecule has 1 aliphatic carbocycles. The molecule has 6 aromatic carbocycles. The van der Waals surface area contributed by atoms with Gasteiger partial charge in [-0.3, -0.25) is 0 Å². The van der Waals surface area contributed by atoms with Gasteiger partial charge in [0.2, 0.25) is 0 Å². The summed E-state index contributed by atoms with van der Waals surface area (Å²) in [6.45, 7) is 13.1. The molecule has 7 rings (SSSR count). The molecule has 0 fully saturated rings. The molecule has 0 aliphatic heterocycles. The maximum Gasteiger partial charge on any atom is 0.0468 e. The SMILES string of the molecule is C=C(/C=C\C=C/C)Sc1ccc(N(c2ccc(-c3cccc(-c4ccccc4)c3)cc2)c2ccc3c(c2)-c2ccccc2C3(C)C)cc1C. The molecule has 0 bridgehead atoms. The number of thioether (sulfide) groups is 1. The van der Waals surface area contributed by atoms with E-state index in [1.165, 1.54) is 55.0 Å². The molecule has 0 amide bonds. The average molecular weight is 652 g/mol. The lowest BCUT2D eigenvalue weighted by molar-refractivity contribution is 0.660. The summed E-state index contributed by atoms with van der Waals surface area (Å²) in [7, 11) is 0. The lowest BCUT2D eigenvalue weighted by Crippen LogP contribution is -2.15. The van der Waals surface area contributed by atoms with E-state index in [9.17, 15) is 0 Å². The van der Waals surface area contributed by atoms with Crippen LogP contribution in [-0.2, 0) is 5.41 Å². The normalized spacial score (nSPS) is 13.1. The summed E-state index contributed by atoms with van der Waals surface area (Å²) in [4.78, 5) is 4.61. The van der Waals surface area contributed by atoms with E-state index in [1.54, 1.807) is 11.8 Å². The molecule has 0 radical (unpaired) electrons. The second-order valence-electron chi connectivity index (χ2n) is 13.1. The zero-order valence-electron chi connectivity index (χ0n) is 28.7. The molecule has 6 aromatic rings. The van der Waals surface area contributed by atoms with Gasteiger partial charge in [-0.15, -0.1) is 0 Å². The molecule has 49 heavy (non-hydrogen) atoms. The van der Waals surface area contributed by atoms with E-state index in [4.69, 9.17) is 0 Å². The topological polar surface area (TPSA) is 3.24 Å². The lowest BCUT2D eigenvalue weighted by Gasteiger charge is -2.28. The van der Waals surface area contributed by atoms with Crippen molar-refractivity contribution in [3.63, 3.8) is 0 Å². The third kappa shape index (κ3) is 6.45. The highest BCUT2D eigenvalue weighted by molar-refractivity contribution is 8.03. The second-order valence-corrected chi connectivity index (χ2v) is 14.3.